The summed E-state index contributed by atoms with van der Waals surface area (Å²) in [4.78, 5) is 11.1. The van der Waals surface area contributed by atoms with Gasteiger partial charge in [0.1, 0.15) is 13.2 Å². The Hall–Kier alpha value is -1.26. The van der Waals surface area contributed by atoms with Crippen LogP contribution in [0.1, 0.15) is 35.2 Å². The maximum atomic E-state index is 11.1. The van der Waals surface area contributed by atoms with Crippen molar-refractivity contribution in [3.8, 4) is 11.5 Å². The number of rotatable bonds is 3. The summed E-state index contributed by atoms with van der Waals surface area (Å²) < 4.78 is 11.3. The molecule has 0 saturated carbocycles. The SMILES string of the molecule is O=Cc1cc(Cl)c(CC2CCCCN2)c2c1OCCO2. The van der Waals surface area contributed by atoms with Gasteiger partial charge in [0.05, 0.1) is 5.56 Å². The van der Waals surface area contributed by atoms with E-state index < -0.39 is 0 Å². The average Bonchev–Trinajstić information content (AvgIpc) is 2.51. The number of piperidine rings is 1. The Morgan fingerprint density at radius 2 is 2.10 bits per heavy atom. The standard InChI is InChI=1S/C15H18ClNO3/c16-13-7-10(9-18)14-15(20-6-5-19-14)12(13)8-11-3-1-2-4-17-11/h7,9,11,17H,1-6,8H2. The minimum absolute atomic E-state index is 0.415. The minimum atomic E-state index is 0.415. The number of hydrogen-bond acceptors (Lipinski definition) is 4. The summed E-state index contributed by atoms with van der Waals surface area (Å²) in [7, 11) is 0. The Balaban J connectivity index is 1.94. The van der Waals surface area contributed by atoms with Crippen LogP contribution in [0.2, 0.25) is 5.02 Å². The highest BCUT2D eigenvalue weighted by molar-refractivity contribution is 6.32. The lowest BCUT2D eigenvalue weighted by molar-refractivity contribution is 0.111. The molecule has 2 aliphatic heterocycles. The normalized spacial score (nSPS) is 21.6. The average molecular weight is 296 g/mol. The van der Waals surface area contributed by atoms with Crippen molar-refractivity contribution in [2.24, 2.45) is 0 Å². The van der Waals surface area contributed by atoms with Crippen molar-refractivity contribution in [3.05, 3.63) is 22.2 Å². The van der Waals surface area contributed by atoms with Crippen molar-refractivity contribution in [2.45, 2.75) is 31.7 Å². The summed E-state index contributed by atoms with van der Waals surface area (Å²) in [5, 5.41) is 4.09. The van der Waals surface area contributed by atoms with E-state index in [1.165, 1.54) is 12.8 Å². The third-order valence-electron chi connectivity index (χ3n) is 3.88. The van der Waals surface area contributed by atoms with Crippen LogP contribution in [-0.4, -0.2) is 32.1 Å². The second-order valence-corrected chi connectivity index (χ2v) is 5.66. The topological polar surface area (TPSA) is 47.6 Å². The van der Waals surface area contributed by atoms with Gasteiger partial charge in [0.25, 0.3) is 0 Å². The molecule has 2 heterocycles. The fourth-order valence-electron chi connectivity index (χ4n) is 2.88. The number of nitrogens with one attached hydrogen (secondary N) is 1. The first-order valence-corrected chi connectivity index (χ1v) is 7.47. The summed E-state index contributed by atoms with van der Waals surface area (Å²) in [6, 6.07) is 2.10. The number of aldehydes is 1. The molecule has 1 atom stereocenters. The molecule has 1 N–H and O–H groups in total. The molecule has 0 amide bonds. The number of hydrogen-bond donors (Lipinski definition) is 1. The molecule has 0 aromatic heterocycles. The number of carbonyl (C=O) groups is 1. The van der Waals surface area contributed by atoms with E-state index in [0.717, 1.165) is 31.2 Å². The second kappa shape index (κ2) is 6.02. The van der Waals surface area contributed by atoms with E-state index in [1.807, 2.05) is 0 Å². The third-order valence-corrected chi connectivity index (χ3v) is 4.22. The molecule has 0 aliphatic carbocycles. The van der Waals surface area contributed by atoms with Gasteiger partial charge in [0, 0.05) is 16.6 Å². The maximum absolute atomic E-state index is 11.1. The quantitative estimate of drug-likeness (QED) is 0.871. The van der Waals surface area contributed by atoms with Crippen molar-refractivity contribution >= 4 is 17.9 Å². The van der Waals surface area contributed by atoms with E-state index in [9.17, 15) is 4.79 Å². The zero-order valence-electron chi connectivity index (χ0n) is 11.3. The van der Waals surface area contributed by atoms with Gasteiger partial charge in [-0.15, -0.1) is 0 Å². The van der Waals surface area contributed by atoms with Crippen molar-refractivity contribution in [1.29, 1.82) is 0 Å². The first kappa shape index (κ1) is 13.7. The summed E-state index contributed by atoms with van der Waals surface area (Å²) in [5.41, 5.74) is 1.41. The van der Waals surface area contributed by atoms with E-state index in [0.29, 0.717) is 41.3 Å². The van der Waals surface area contributed by atoms with Gasteiger partial charge in [-0.25, -0.2) is 0 Å². The maximum Gasteiger partial charge on any atom is 0.172 e. The molecular formula is C15H18ClNO3. The van der Waals surface area contributed by atoms with Crippen molar-refractivity contribution < 1.29 is 14.3 Å². The van der Waals surface area contributed by atoms with Gasteiger partial charge in [-0.3, -0.25) is 4.79 Å². The lowest BCUT2D eigenvalue weighted by atomic mass is 9.96. The van der Waals surface area contributed by atoms with E-state index in [-0.39, 0.29) is 0 Å². The van der Waals surface area contributed by atoms with Gasteiger partial charge in [-0.2, -0.15) is 0 Å². The molecule has 1 saturated heterocycles. The zero-order chi connectivity index (χ0) is 13.9. The molecule has 4 nitrogen and oxygen atoms in total. The van der Waals surface area contributed by atoms with Gasteiger partial charge >= 0.3 is 0 Å². The molecule has 108 valence electrons. The predicted molar refractivity (Wildman–Crippen MR) is 77.2 cm³/mol. The molecule has 0 radical (unpaired) electrons. The van der Waals surface area contributed by atoms with Gasteiger partial charge in [0.2, 0.25) is 0 Å². The number of carbonyl (C=O) groups excluding carboxylic acids is 1. The van der Waals surface area contributed by atoms with E-state index >= 15 is 0 Å². The van der Waals surface area contributed by atoms with Gasteiger partial charge in [0.15, 0.2) is 17.8 Å². The van der Waals surface area contributed by atoms with Crippen LogP contribution < -0.4 is 14.8 Å². The van der Waals surface area contributed by atoms with Gasteiger partial charge < -0.3 is 14.8 Å². The number of halogens is 1. The van der Waals surface area contributed by atoms with Crippen LogP contribution in [0.5, 0.6) is 11.5 Å². The third kappa shape index (κ3) is 2.63. The predicted octanol–water partition coefficient (Wildman–Crippen LogP) is 2.61. The second-order valence-electron chi connectivity index (χ2n) is 5.25. The Bertz CT molecular complexity index is 512. The Morgan fingerprint density at radius 1 is 1.30 bits per heavy atom. The zero-order valence-corrected chi connectivity index (χ0v) is 12.0. The number of benzene rings is 1. The molecule has 20 heavy (non-hydrogen) atoms. The van der Waals surface area contributed by atoms with Crippen LogP contribution in [-0.2, 0) is 6.42 Å². The minimum Gasteiger partial charge on any atom is -0.486 e. The monoisotopic (exact) mass is 295 g/mol. The number of fused-ring (bicyclic) bond motifs is 1. The summed E-state index contributed by atoms with van der Waals surface area (Å²) >= 11 is 6.34. The Morgan fingerprint density at radius 3 is 2.80 bits per heavy atom. The van der Waals surface area contributed by atoms with Crippen molar-refractivity contribution in [1.82, 2.24) is 5.32 Å². The highest BCUT2D eigenvalue weighted by Crippen LogP contribution is 2.41. The fourth-order valence-corrected chi connectivity index (χ4v) is 3.16. The number of ether oxygens (including phenoxy) is 2. The molecule has 0 bridgehead atoms. The van der Waals surface area contributed by atoms with E-state index in [4.69, 9.17) is 21.1 Å². The largest absolute Gasteiger partial charge is 0.486 e. The fraction of sp³-hybridized carbons (Fsp3) is 0.533. The molecule has 1 aromatic rings. The van der Waals surface area contributed by atoms with E-state index in [2.05, 4.69) is 5.32 Å². The molecule has 0 spiro atoms. The highest BCUT2D eigenvalue weighted by atomic mass is 35.5. The summed E-state index contributed by atoms with van der Waals surface area (Å²) in [6.45, 7) is 2.02. The molecule has 1 aromatic carbocycles. The molecule has 1 fully saturated rings. The van der Waals surface area contributed by atoms with Crippen LogP contribution in [0.15, 0.2) is 6.07 Å². The molecule has 2 aliphatic rings. The van der Waals surface area contributed by atoms with Crippen LogP contribution in [0, 0.1) is 0 Å². The lowest BCUT2D eigenvalue weighted by Gasteiger charge is -2.27. The summed E-state index contributed by atoms with van der Waals surface area (Å²) in [6.07, 6.45) is 5.18. The van der Waals surface area contributed by atoms with Crippen LogP contribution in [0.25, 0.3) is 0 Å². The van der Waals surface area contributed by atoms with Crippen LogP contribution in [0.4, 0.5) is 0 Å². The smallest absolute Gasteiger partial charge is 0.172 e. The highest BCUT2D eigenvalue weighted by Gasteiger charge is 2.25. The first-order valence-electron chi connectivity index (χ1n) is 7.09. The van der Waals surface area contributed by atoms with Crippen molar-refractivity contribution in [3.63, 3.8) is 0 Å². The molecule has 1 unspecified atom stereocenters. The van der Waals surface area contributed by atoms with Gasteiger partial charge in [-0.1, -0.05) is 18.0 Å². The summed E-state index contributed by atoms with van der Waals surface area (Å²) in [5.74, 6) is 1.19. The lowest BCUT2D eigenvalue weighted by Crippen LogP contribution is -2.36. The van der Waals surface area contributed by atoms with Crippen LogP contribution >= 0.6 is 11.6 Å². The van der Waals surface area contributed by atoms with Crippen molar-refractivity contribution in [2.75, 3.05) is 19.8 Å². The Kier molecular flexibility index (Phi) is 4.13. The first-order chi connectivity index (χ1) is 9.79. The Labute approximate surface area is 123 Å². The molecule has 5 heteroatoms. The van der Waals surface area contributed by atoms with Gasteiger partial charge in [-0.05, 0) is 31.9 Å². The van der Waals surface area contributed by atoms with Crippen LogP contribution in [0.3, 0.4) is 0 Å². The molecule has 3 rings (SSSR count). The van der Waals surface area contributed by atoms with E-state index in [1.54, 1.807) is 6.07 Å². The molecular weight excluding hydrogens is 278 g/mol.